The molecule has 0 saturated carbocycles. The number of aromatic nitrogens is 4. The number of aryl methyl sites for hydroxylation is 1. The van der Waals surface area contributed by atoms with Crippen LogP contribution in [0.3, 0.4) is 0 Å². The largest absolute Gasteiger partial charge is 0.495 e. The number of fused-ring (bicyclic) bond motifs is 2. The van der Waals surface area contributed by atoms with Crippen molar-refractivity contribution in [1.29, 1.82) is 0 Å². The molecule has 2 heterocycles. The van der Waals surface area contributed by atoms with Crippen LogP contribution in [-0.2, 0) is 7.05 Å². The summed E-state index contributed by atoms with van der Waals surface area (Å²) < 4.78 is 7.60. The summed E-state index contributed by atoms with van der Waals surface area (Å²) in [7, 11) is 3.65. The fraction of sp³-hybridized carbons (Fsp3) is 0.0909. The van der Waals surface area contributed by atoms with Gasteiger partial charge in [0.2, 0.25) is 0 Å². The number of ether oxygens (including phenoxy) is 1. The number of aromatic amines is 1. The fourth-order valence-electron chi connectivity index (χ4n) is 3.61. The van der Waals surface area contributed by atoms with Crippen molar-refractivity contribution in [3.05, 3.63) is 66.9 Å². The lowest BCUT2D eigenvalue weighted by Gasteiger charge is -2.10. The summed E-state index contributed by atoms with van der Waals surface area (Å²) in [5.74, 6) is 0.853. The van der Waals surface area contributed by atoms with Crippen molar-refractivity contribution in [2.24, 2.45) is 7.05 Å². The van der Waals surface area contributed by atoms with E-state index in [2.05, 4.69) is 63.8 Å². The Bertz CT molecular complexity index is 1280. The molecule has 2 aromatic heterocycles. The van der Waals surface area contributed by atoms with E-state index in [-0.39, 0.29) is 0 Å². The molecular weight excluding hydrogens is 336 g/mol. The van der Waals surface area contributed by atoms with Gasteiger partial charge in [0.1, 0.15) is 5.75 Å². The smallest absolute Gasteiger partial charge is 0.136 e. The maximum atomic E-state index is 5.73. The topological polar surface area (TPSA) is 55.7 Å². The summed E-state index contributed by atoms with van der Waals surface area (Å²) in [5, 5.41) is 15.3. The number of nitrogens with one attached hydrogen (secondary N) is 1. The monoisotopic (exact) mass is 354 g/mol. The molecule has 132 valence electrons. The van der Waals surface area contributed by atoms with Gasteiger partial charge in [-0.15, -0.1) is 0 Å². The Morgan fingerprint density at radius 2 is 1.85 bits per heavy atom. The van der Waals surface area contributed by atoms with Crippen LogP contribution in [0.1, 0.15) is 0 Å². The first-order valence-electron chi connectivity index (χ1n) is 8.78. The first-order chi connectivity index (χ1) is 13.2. The van der Waals surface area contributed by atoms with E-state index in [0.717, 1.165) is 49.9 Å². The standard InChI is InChI=1S/C22H18N4O/c1-26-21-10-8-15(11-16(21)13-23-26)19-12-20(25-24-19)18-9-7-14-5-3-4-6-17(14)22(18)27-2/h3-13H,1-2H3,(H,24,25). The quantitative estimate of drug-likeness (QED) is 0.507. The molecule has 0 aliphatic heterocycles. The van der Waals surface area contributed by atoms with E-state index in [9.17, 15) is 0 Å². The molecule has 0 fully saturated rings. The van der Waals surface area contributed by atoms with Crippen LogP contribution in [0, 0.1) is 0 Å². The average Bonchev–Trinajstić information content (AvgIpc) is 3.34. The fourth-order valence-corrected chi connectivity index (χ4v) is 3.61. The number of rotatable bonds is 3. The highest BCUT2D eigenvalue weighted by atomic mass is 16.5. The minimum Gasteiger partial charge on any atom is -0.495 e. The molecule has 0 amide bonds. The van der Waals surface area contributed by atoms with E-state index in [1.165, 1.54) is 0 Å². The van der Waals surface area contributed by atoms with Crippen molar-refractivity contribution >= 4 is 21.7 Å². The third kappa shape index (κ3) is 2.47. The Labute approximate surface area is 156 Å². The third-order valence-electron chi connectivity index (χ3n) is 4.99. The molecule has 0 bridgehead atoms. The average molecular weight is 354 g/mol. The van der Waals surface area contributed by atoms with Crippen LogP contribution >= 0.6 is 0 Å². The van der Waals surface area contributed by atoms with Crippen LogP contribution < -0.4 is 4.74 Å². The van der Waals surface area contributed by atoms with Gasteiger partial charge in [-0.3, -0.25) is 9.78 Å². The Kier molecular flexibility index (Phi) is 3.47. The van der Waals surface area contributed by atoms with E-state index < -0.39 is 0 Å². The summed E-state index contributed by atoms with van der Waals surface area (Å²) in [5.41, 5.74) is 4.98. The molecule has 0 atom stereocenters. The maximum Gasteiger partial charge on any atom is 0.136 e. The molecule has 1 N–H and O–H groups in total. The molecule has 0 aliphatic rings. The lowest BCUT2D eigenvalue weighted by molar-refractivity contribution is 0.421. The number of hydrogen-bond acceptors (Lipinski definition) is 3. The Morgan fingerprint density at radius 1 is 0.963 bits per heavy atom. The number of hydrogen-bond donors (Lipinski definition) is 1. The van der Waals surface area contributed by atoms with Gasteiger partial charge in [-0.25, -0.2) is 0 Å². The van der Waals surface area contributed by atoms with Crippen molar-refractivity contribution in [2.45, 2.75) is 0 Å². The minimum absolute atomic E-state index is 0.853. The van der Waals surface area contributed by atoms with Crippen molar-refractivity contribution < 1.29 is 4.74 Å². The van der Waals surface area contributed by atoms with E-state index in [1.807, 2.05) is 30.1 Å². The second-order valence-corrected chi connectivity index (χ2v) is 6.58. The molecule has 27 heavy (non-hydrogen) atoms. The molecule has 0 radical (unpaired) electrons. The molecule has 5 nitrogen and oxygen atoms in total. The molecule has 0 unspecified atom stereocenters. The first kappa shape index (κ1) is 15.6. The van der Waals surface area contributed by atoms with Crippen molar-refractivity contribution in [3.8, 4) is 28.3 Å². The summed E-state index contributed by atoms with van der Waals surface area (Å²) in [6.45, 7) is 0. The Balaban J connectivity index is 1.61. The highest BCUT2D eigenvalue weighted by Crippen LogP contribution is 2.37. The van der Waals surface area contributed by atoms with Crippen LogP contribution in [0.15, 0.2) is 66.9 Å². The number of H-pyrrole nitrogens is 1. The Hall–Kier alpha value is -3.60. The predicted molar refractivity (Wildman–Crippen MR) is 108 cm³/mol. The SMILES string of the molecule is COc1c(-c2cc(-c3ccc4c(cnn4C)c3)n[nH]2)ccc2ccccc12. The second-order valence-electron chi connectivity index (χ2n) is 6.58. The van der Waals surface area contributed by atoms with Crippen LogP contribution in [0.5, 0.6) is 5.75 Å². The van der Waals surface area contributed by atoms with Gasteiger partial charge in [-0.2, -0.15) is 10.2 Å². The molecule has 0 saturated heterocycles. The second kappa shape index (κ2) is 5.99. The van der Waals surface area contributed by atoms with Crippen LogP contribution in [0.25, 0.3) is 44.2 Å². The molecule has 5 heteroatoms. The summed E-state index contributed by atoms with van der Waals surface area (Å²) in [6, 6.07) is 20.7. The molecule has 5 aromatic rings. The summed E-state index contributed by atoms with van der Waals surface area (Å²) in [4.78, 5) is 0. The summed E-state index contributed by atoms with van der Waals surface area (Å²) in [6.07, 6.45) is 1.87. The van der Waals surface area contributed by atoms with Gasteiger partial charge >= 0.3 is 0 Å². The molecule has 0 aliphatic carbocycles. The van der Waals surface area contributed by atoms with E-state index in [0.29, 0.717) is 0 Å². The van der Waals surface area contributed by atoms with Crippen molar-refractivity contribution in [2.75, 3.05) is 7.11 Å². The zero-order chi connectivity index (χ0) is 18.4. The zero-order valence-electron chi connectivity index (χ0n) is 15.1. The highest BCUT2D eigenvalue weighted by molar-refractivity contribution is 5.95. The van der Waals surface area contributed by atoms with Crippen LogP contribution in [0.4, 0.5) is 0 Å². The first-order valence-corrected chi connectivity index (χ1v) is 8.78. The van der Waals surface area contributed by atoms with Gasteiger partial charge in [-0.05, 0) is 29.7 Å². The number of methoxy groups -OCH3 is 1. The van der Waals surface area contributed by atoms with E-state index in [1.54, 1.807) is 7.11 Å². The number of nitrogens with zero attached hydrogens (tertiary/aromatic N) is 3. The number of benzene rings is 3. The Morgan fingerprint density at radius 3 is 2.74 bits per heavy atom. The predicted octanol–water partition coefficient (Wildman–Crippen LogP) is 4.79. The van der Waals surface area contributed by atoms with Crippen LogP contribution in [0.2, 0.25) is 0 Å². The minimum atomic E-state index is 0.853. The van der Waals surface area contributed by atoms with E-state index in [4.69, 9.17) is 4.74 Å². The molecule has 0 spiro atoms. The lowest BCUT2D eigenvalue weighted by atomic mass is 10.0. The van der Waals surface area contributed by atoms with Gasteiger partial charge in [0.15, 0.2) is 0 Å². The van der Waals surface area contributed by atoms with E-state index >= 15 is 0 Å². The van der Waals surface area contributed by atoms with Gasteiger partial charge in [0.05, 0.1) is 30.2 Å². The van der Waals surface area contributed by atoms with Crippen LogP contribution in [-0.4, -0.2) is 27.1 Å². The van der Waals surface area contributed by atoms with Gasteiger partial charge < -0.3 is 4.74 Å². The molecule has 3 aromatic carbocycles. The highest BCUT2D eigenvalue weighted by Gasteiger charge is 2.13. The zero-order valence-corrected chi connectivity index (χ0v) is 15.1. The normalized spacial score (nSPS) is 11.3. The lowest BCUT2D eigenvalue weighted by Crippen LogP contribution is -1.90. The van der Waals surface area contributed by atoms with Crippen molar-refractivity contribution in [1.82, 2.24) is 20.0 Å². The van der Waals surface area contributed by atoms with Gasteiger partial charge in [-0.1, -0.05) is 36.4 Å². The summed E-state index contributed by atoms with van der Waals surface area (Å²) >= 11 is 0. The third-order valence-corrected chi connectivity index (χ3v) is 4.99. The van der Waals surface area contributed by atoms with Crippen molar-refractivity contribution in [3.63, 3.8) is 0 Å². The molecule has 5 rings (SSSR count). The van der Waals surface area contributed by atoms with Gasteiger partial charge in [0.25, 0.3) is 0 Å². The maximum absolute atomic E-state index is 5.73. The van der Waals surface area contributed by atoms with Gasteiger partial charge in [0, 0.05) is 28.9 Å². The molecular formula is C22H18N4O.